The highest BCUT2D eigenvalue weighted by molar-refractivity contribution is 7.80. The second-order valence-corrected chi connectivity index (χ2v) is 4.04. The van der Waals surface area contributed by atoms with Crippen molar-refractivity contribution in [3.05, 3.63) is 40.7 Å². The molecule has 1 aromatic rings. The number of hydrogen-bond donors (Lipinski definition) is 0. The Morgan fingerprint density at radius 1 is 1.44 bits per heavy atom. The Morgan fingerprint density at radius 3 is 2.50 bits per heavy atom. The summed E-state index contributed by atoms with van der Waals surface area (Å²) in [7, 11) is 0. The summed E-state index contributed by atoms with van der Waals surface area (Å²) in [4.78, 5) is 3.47. The van der Waals surface area contributed by atoms with E-state index in [9.17, 15) is 13.2 Å². The third kappa shape index (κ3) is 3.04. The molecule has 0 atom stereocenters. The summed E-state index contributed by atoms with van der Waals surface area (Å²) in [6.45, 7) is 8.35. The lowest BCUT2D eigenvalue weighted by molar-refractivity contribution is -0.136. The standard InChI is InChI=1S/C11H8F3NS/c1-7(16)5-8-3-4-10(15-2)9(6-8)11(12,13)14/h3-4,6H,5H2,1H3. The molecule has 0 aromatic heterocycles. The fourth-order valence-electron chi connectivity index (χ4n) is 1.31. The van der Waals surface area contributed by atoms with Crippen molar-refractivity contribution in [2.24, 2.45) is 0 Å². The van der Waals surface area contributed by atoms with Crippen LogP contribution in [0.3, 0.4) is 0 Å². The smallest absolute Gasteiger partial charge is 0.238 e. The Labute approximate surface area is 96.7 Å². The van der Waals surface area contributed by atoms with Crippen LogP contribution in [0.25, 0.3) is 4.85 Å². The highest BCUT2D eigenvalue weighted by Crippen LogP contribution is 2.37. The van der Waals surface area contributed by atoms with E-state index in [1.807, 2.05) is 0 Å². The largest absolute Gasteiger partial charge is 0.407 e. The van der Waals surface area contributed by atoms with Gasteiger partial charge in [0.15, 0.2) is 5.69 Å². The lowest BCUT2D eigenvalue weighted by Gasteiger charge is -2.10. The highest BCUT2D eigenvalue weighted by atomic mass is 32.1. The molecule has 0 spiro atoms. The SMILES string of the molecule is [C-]#[N+]c1ccc(CC(C)=S)cc1C(F)(F)F. The number of hydrogen-bond acceptors (Lipinski definition) is 1. The zero-order valence-corrected chi connectivity index (χ0v) is 9.25. The maximum atomic E-state index is 12.6. The Hall–Kier alpha value is -1.41. The van der Waals surface area contributed by atoms with E-state index in [0.717, 1.165) is 6.07 Å². The molecule has 0 N–H and O–H groups in total. The van der Waals surface area contributed by atoms with E-state index in [0.29, 0.717) is 16.8 Å². The van der Waals surface area contributed by atoms with E-state index in [4.69, 9.17) is 18.8 Å². The molecule has 0 saturated heterocycles. The molecule has 0 fully saturated rings. The van der Waals surface area contributed by atoms with Gasteiger partial charge in [0, 0.05) is 6.42 Å². The molecule has 0 radical (unpaired) electrons. The van der Waals surface area contributed by atoms with Gasteiger partial charge in [0.2, 0.25) is 0 Å². The van der Waals surface area contributed by atoms with Gasteiger partial charge >= 0.3 is 6.18 Å². The summed E-state index contributed by atoms with van der Waals surface area (Å²) < 4.78 is 37.7. The number of alkyl halides is 3. The predicted molar refractivity (Wildman–Crippen MR) is 59.7 cm³/mol. The lowest BCUT2D eigenvalue weighted by atomic mass is 10.0. The van der Waals surface area contributed by atoms with E-state index >= 15 is 0 Å². The van der Waals surface area contributed by atoms with Gasteiger partial charge in [-0.25, -0.2) is 4.85 Å². The van der Waals surface area contributed by atoms with Gasteiger partial charge in [0.05, 0.1) is 12.1 Å². The first-order valence-corrected chi connectivity index (χ1v) is 4.82. The number of rotatable bonds is 2. The Morgan fingerprint density at radius 2 is 2.06 bits per heavy atom. The van der Waals surface area contributed by atoms with Crippen molar-refractivity contribution in [3.8, 4) is 0 Å². The summed E-state index contributed by atoms with van der Waals surface area (Å²) in [6.07, 6.45) is -4.18. The second kappa shape index (κ2) is 4.62. The summed E-state index contributed by atoms with van der Waals surface area (Å²) in [5, 5.41) is 0. The van der Waals surface area contributed by atoms with Crippen LogP contribution < -0.4 is 0 Å². The van der Waals surface area contributed by atoms with Crippen LogP contribution in [0, 0.1) is 6.57 Å². The van der Waals surface area contributed by atoms with Crippen LogP contribution in [0.1, 0.15) is 18.1 Å². The molecule has 0 aliphatic rings. The van der Waals surface area contributed by atoms with Crippen LogP contribution in [-0.4, -0.2) is 4.86 Å². The van der Waals surface area contributed by atoms with Crippen molar-refractivity contribution < 1.29 is 13.2 Å². The van der Waals surface area contributed by atoms with Crippen molar-refractivity contribution >= 4 is 22.8 Å². The molecule has 0 amide bonds. The molecule has 16 heavy (non-hydrogen) atoms. The van der Waals surface area contributed by atoms with Crippen LogP contribution in [0.2, 0.25) is 0 Å². The molecule has 84 valence electrons. The van der Waals surface area contributed by atoms with E-state index in [1.54, 1.807) is 6.92 Å². The normalized spacial score (nSPS) is 10.9. The van der Waals surface area contributed by atoms with Crippen molar-refractivity contribution in [1.29, 1.82) is 0 Å². The van der Waals surface area contributed by atoms with Gasteiger partial charge in [-0.3, -0.25) is 0 Å². The van der Waals surface area contributed by atoms with Gasteiger partial charge in [-0.2, -0.15) is 13.2 Å². The first-order valence-electron chi connectivity index (χ1n) is 4.41. The summed E-state index contributed by atoms with van der Waals surface area (Å²) in [5.41, 5.74) is -0.790. The Balaban J connectivity index is 3.23. The molecule has 1 nitrogen and oxygen atoms in total. The summed E-state index contributed by atoms with van der Waals surface area (Å²) >= 11 is 4.83. The molecule has 5 heteroatoms. The van der Waals surface area contributed by atoms with E-state index in [1.165, 1.54) is 12.1 Å². The number of nitrogens with zero attached hydrogens (tertiary/aromatic N) is 1. The van der Waals surface area contributed by atoms with Gasteiger partial charge in [-0.05, 0) is 17.4 Å². The molecule has 0 aliphatic heterocycles. The van der Waals surface area contributed by atoms with E-state index < -0.39 is 11.7 Å². The third-order valence-corrected chi connectivity index (χ3v) is 2.08. The second-order valence-electron chi connectivity index (χ2n) is 3.34. The molecule has 1 aromatic carbocycles. The monoisotopic (exact) mass is 243 g/mol. The van der Waals surface area contributed by atoms with Crippen LogP contribution in [-0.2, 0) is 12.6 Å². The number of thiocarbonyl (C=S) groups is 1. The fraction of sp³-hybridized carbons (Fsp3) is 0.273. The van der Waals surface area contributed by atoms with Crippen LogP contribution in [0.15, 0.2) is 18.2 Å². The maximum Gasteiger partial charge on any atom is 0.407 e. The molecular formula is C11H8F3NS. The minimum absolute atomic E-state index is 0.316. The van der Waals surface area contributed by atoms with E-state index in [2.05, 4.69) is 4.85 Å². The Kier molecular flexibility index (Phi) is 3.66. The molecule has 0 heterocycles. The quantitative estimate of drug-likeness (QED) is 0.556. The molecule has 0 saturated carbocycles. The maximum absolute atomic E-state index is 12.6. The van der Waals surface area contributed by atoms with Gasteiger partial charge in [0.1, 0.15) is 0 Å². The van der Waals surface area contributed by atoms with Gasteiger partial charge < -0.3 is 0 Å². The fourth-order valence-corrected chi connectivity index (χ4v) is 1.47. The zero-order valence-electron chi connectivity index (χ0n) is 8.43. The summed E-state index contributed by atoms with van der Waals surface area (Å²) in [5.74, 6) is 0. The molecule has 1 rings (SSSR count). The van der Waals surface area contributed by atoms with Crippen molar-refractivity contribution in [2.45, 2.75) is 19.5 Å². The van der Waals surface area contributed by atoms with Gasteiger partial charge in [-0.15, -0.1) is 0 Å². The van der Waals surface area contributed by atoms with E-state index in [-0.39, 0.29) is 5.69 Å². The first-order chi connectivity index (χ1) is 7.34. The zero-order chi connectivity index (χ0) is 12.3. The van der Waals surface area contributed by atoms with Gasteiger partial charge in [0.25, 0.3) is 0 Å². The molecule has 0 bridgehead atoms. The average molecular weight is 243 g/mol. The summed E-state index contributed by atoms with van der Waals surface area (Å²) in [6, 6.07) is 3.67. The minimum Gasteiger partial charge on any atom is -0.238 e. The Bertz CT molecular complexity index is 457. The van der Waals surface area contributed by atoms with Crippen LogP contribution in [0.4, 0.5) is 18.9 Å². The lowest BCUT2D eigenvalue weighted by Crippen LogP contribution is -2.06. The molecule has 0 unspecified atom stereocenters. The van der Waals surface area contributed by atoms with Crippen molar-refractivity contribution in [3.63, 3.8) is 0 Å². The molecular weight excluding hydrogens is 235 g/mol. The number of halogens is 3. The van der Waals surface area contributed by atoms with Crippen LogP contribution >= 0.6 is 12.2 Å². The minimum atomic E-state index is -4.49. The number of benzene rings is 1. The average Bonchev–Trinajstić information content (AvgIpc) is 2.15. The predicted octanol–water partition coefficient (Wildman–Crippen LogP) is 4.19. The van der Waals surface area contributed by atoms with Crippen molar-refractivity contribution in [1.82, 2.24) is 0 Å². The molecule has 0 aliphatic carbocycles. The topological polar surface area (TPSA) is 4.36 Å². The highest BCUT2D eigenvalue weighted by Gasteiger charge is 2.33. The van der Waals surface area contributed by atoms with Gasteiger partial charge in [-0.1, -0.05) is 30.4 Å². The third-order valence-electron chi connectivity index (χ3n) is 1.94. The first kappa shape index (κ1) is 12.7. The van der Waals surface area contributed by atoms with Crippen LogP contribution in [0.5, 0.6) is 0 Å². The van der Waals surface area contributed by atoms with Crippen molar-refractivity contribution in [2.75, 3.05) is 0 Å².